The van der Waals surface area contributed by atoms with Gasteiger partial charge in [-0.1, -0.05) is 0 Å². The van der Waals surface area contributed by atoms with Crippen molar-refractivity contribution in [3.05, 3.63) is 34.4 Å². The smallest absolute Gasteiger partial charge is 0.311 e. The highest BCUT2D eigenvalue weighted by Crippen LogP contribution is 2.25. The first-order valence-electron chi connectivity index (χ1n) is 5.56. The summed E-state index contributed by atoms with van der Waals surface area (Å²) in [5, 5.41) is 0. The Bertz CT molecular complexity index is 489. The maximum atomic E-state index is 13.5. The Morgan fingerprint density at radius 2 is 1.42 bits per heavy atom. The van der Waals surface area contributed by atoms with Gasteiger partial charge < -0.3 is 4.74 Å². The van der Waals surface area contributed by atoms with Crippen LogP contribution in [-0.4, -0.2) is 5.97 Å². The maximum absolute atomic E-state index is 13.5. The number of rotatable bonds is 2. The fourth-order valence-electron chi connectivity index (χ4n) is 1.27. The monoisotopic (exact) mass is 278 g/mol. The van der Waals surface area contributed by atoms with Crippen LogP contribution in [0.3, 0.4) is 0 Å². The van der Waals surface area contributed by atoms with Gasteiger partial charge >= 0.3 is 5.97 Å². The Labute approximate surface area is 108 Å². The van der Waals surface area contributed by atoms with Crippen LogP contribution < -0.4 is 0 Å². The molecule has 0 atom stereocenters. The minimum absolute atomic E-state index is 0.729. The van der Waals surface area contributed by atoms with Crippen molar-refractivity contribution < 1.29 is 27.1 Å². The average molecular weight is 278 g/mol. The molecule has 0 saturated carbocycles. The second-order valence-corrected chi connectivity index (χ2v) is 5.19. The van der Waals surface area contributed by atoms with Gasteiger partial charge in [-0.15, -0.1) is 0 Å². The van der Waals surface area contributed by atoms with E-state index in [2.05, 4.69) is 4.74 Å². The number of hydrogen-bond acceptors (Lipinski definition) is 2. The summed E-state index contributed by atoms with van der Waals surface area (Å²) in [7, 11) is 0. The van der Waals surface area contributed by atoms with E-state index in [-0.39, 0.29) is 0 Å². The molecule has 0 fully saturated rings. The highest BCUT2D eigenvalue weighted by atomic mass is 19.2. The van der Waals surface area contributed by atoms with Crippen LogP contribution in [0.5, 0.6) is 0 Å². The van der Waals surface area contributed by atoms with E-state index in [1.807, 2.05) is 0 Å². The largest absolute Gasteiger partial charge is 0.460 e. The van der Waals surface area contributed by atoms with Gasteiger partial charge in [0.15, 0.2) is 23.3 Å². The second kappa shape index (κ2) is 5.19. The highest BCUT2D eigenvalue weighted by molar-refractivity contribution is 5.75. The van der Waals surface area contributed by atoms with Gasteiger partial charge in [0, 0.05) is 5.56 Å². The summed E-state index contributed by atoms with van der Waals surface area (Å²) in [4.78, 5) is 11.4. The molecule has 1 aromatic carbocycles. The molecule has 0 spiro atoms. The Kier molecular flexibility index (Phi) is 4.22. The van der Waals surface area contributed by atoms with Crippen molar-refractivity contribution in [2.24, 2.45) is 5.41 Å². The summed E-state index contributed by atoms with van der Waals surface area (Å²) in [6.07, 6.45) is 0. The molecular weight excluding hydrogens is 264 g/mol. The molecule has 0 bridgehead atoms. The summed E-state index contributed by atoms with van der Waals surface area (Å²) in [5.74, 6) is -6.79. The van der Waals surface area contributed by atoms with Gasteiger partial charge in [0.05, 0.1) is 11.0 Å². The van der Waals surface area contributed by atoms with Gasteiger partial charge in [0.25, 0.3) is 0 Å². The lowest BCUT2D eigenvalue weighted by Crippen LogP contribution is -2.23. The molecule has 1 aromatic rings. The van der Waals surface area contributed by atoms with Gasteiger partial charge in [-0.25, -0.2) is 17.6 Å². The number of carbonyl (C=O) groups excluding carboxylic acids is 1. The molecule has 0 heterocycles. The maximum Gasteiger partial charge on any atom is 0.311 e. The molecule has 0 amide bonds. The van der Waals surface area contributed by atoms with E-state index in [4.69, 9.17) is 0 Å². The Morgan fingerprint density at radius 3 is 1.79 bits per heavy atom. The van der Waals surface area contributed by atoms with Crippen LogP contribution in [0.4, 0.5) is 17.6 Å². The molecule has 0 N–H and O–H groups in total. The van der Waals surface area contributed by atoms with Crippen molar-refractivity contribution in [1.82, 2.24) is 0 Å². The molecule has 0 aliphatic carbocycles. The highest BCUT2D eigenvalue weighted by Gasteiger charge is 2.27. The van der Waals surface area contributed by atoms with Gasteiger partial charge in [0.1, 0.15) is 6.61 Å². The van der Waals surface area contributed by atoms with Gasteiger partial charge in [-0.05, 0) is 27.7 Å². The molecule has 106 valence electrons. The lowest BCUT2D eigenvalue weighted by Gasteiger charge is -2.17. The third kappa shape index (κ3) is 3.05. The molecule has 2 nitrogen and oxygen atoms in total. The van der Waals surface area contributed by atoms with E-state index in [1.165, 1.54) is 0 Å². The molecular formula is C13H14F4O2. The lowest BCUT2D eigenvalue weighted by atomic mass is 9.97. The zero-order valence-corrected chi connectivity index (χ0v) is 11.0. The quantitative estimate of drug-likeness (QED) is 0.469. The van der Waals surface area contributed by atoms with Gasteiger partial charge in [-0.3, -0.25) is 4.79 Å². The normalized spacial score (nSPS) is 11.6. The number of esters is 1. The third-order valence-electron chi connectivity index (χ3n) is 2.53. The Balaban J connectivity index is 3.07. The summed E-state index contributed by atoms with van der Waals surface area (Å²) in [5.41, 5.74) is -2.56. The molecule has 0 aromatic heterocycles. The third-order valence-corrected chi connectivity index (χ3v) is 2.53. The predicted octanol–water partition coefficient (Wildman–Crippen LogP) is 3.64. The van der Waals surface area contributed by atoms with Crippen LogP contribution >= 0.6 is 0 Å². The van der Waals surface area contributed by atoms with E-state index in [9.17, 15) is 22.4 Å². The average Bonchev–Trinajstić information content (AvgIpc) is 2.32. The topological polar surface area (TPSA) is 26.3 Å². The molecule has 6 heteroatoms. The number of benzene rings is 1. The van der Waals surface area contributed by atoms with Crippen LogP contribution in [0, 0.1) is 35.6 Å². The molecule has 0 saturated heterocycles. The SMILES string of the molecule is Cc1c(F)c(F)c(COC(=O)C(C)(C)C)c(F)c1F. The lowest BCUT2D eigenvalue weighted by molar-refractivity contribution is -0.154. The number of ether oxygens (including phenoxy) is 1. The molecule has 0 radical (unpaired) electrons. The van der Waals surface area contributed by atoms with E-state index < -0.39 is 52.4 Å². The molecule has 0 unspecified atom stereocenters. The number of carbonyl (C=O) groups is 1. The predicted molar refractivity (Wildman–Crippen MR) is 60.3 cm³/mol. The Hall–Kier alpha value is -1.59. The van der Waals surface area contributed by atoms with Crippen molar-refractivity contribution in [2.45, 2.75) is 34.3 Å². The minimum atomic E-state index is -1.54. The molecule has 19 heavy (non-hydrogen) atoms. The second-order valence-electron chi connectivity index (χ2n) is 5.19. The van der Waals surface area contributed by atoms with E-state index in [1.54, 1.807) is 20.8 Å². The molecule has 0 aliphatic heterocycles. The van der Waals surface area contributed by atoms with Crippen LogP contribution in [0.2, 0.25) is 0 Å². The summed E-state index contributed by atoms with van der Waals surface area (Å²) >= 11 is 0. The first-order chi connectivity index (χ1) is 8.57. The summed E-state index contributed by atoms with van der Waals surface area (Å²) in [6.45, 7) is 4.68. The van der Waals surface area contributed by atoms with Gasteiger partial charge in [-0.2, -0.15) is 0 Å². The minimum Gasteiger partial charge on any atom is -0.460 e. The van der Waals surface area contributed by atoms with E-state index in [0.717, 1.165) is 6.92 Å². The Morgan fingerprint density at radius 1 is 1.00 bits per heavy atom. The molecule has 0 aliphatic rings. The van der Waals surface area contributed by atoms with E-state index >= 15 is 0 Å². The first-order valence-corrected chi connectivity index (χ1v) is 5.56. The van der Waals surface area contributed by atoms with Crippen LogP contribution in [-0.2, 0) is 16.1 Å². The number of hydrogen-bond donors (Lipinski definition) is 0. The van der Waals surface area contributed by atoms with Crippen LogP contribution in [0.25, 0.3) is 0 Å². The zero-order chi connectivity index (χ0) is 15.0. The van der Waals surface area contributed by atoms with Crippen molar-refractivity contribution in [3.63, 3.8) is 0 Å². The van der Waals surface area contributed by atoms with Crippen molar-refractivity contribution in [3.8, 4) is 0 Å². The van der Waals surface area contributed by atoms with Crippen LogP contribution in [0.1, 0.15) is 31.9 Å². The first kappa shape index (κ1) is 15.5. The van der Waals surface area contributed by atoms with Crippen molar-refractivity contribution in [2.75, 3.05) is 0 Å². The van der Waals surface area contributed by atoms with Crippen molar-refractivity contribution in [1.29, 1.82) is 0 Å². The fourth-order valence-corrected chi connectivity index (χ4v) is 1.27. The molecule has 1 rings (SSSR count). The fraction of sp³-hybridized carbons (Fsp3) is 0.462. The van der Waals surface area contributed by atoms with Crippen molar-refractivity contribution >= 4 is 5.97 Å². The standard InChI is InChI=1S/C13H14F4O2/c1-6-8(14)10(16)7(11(17)9(6)15)5-19-12(18)13(2,3)4/h5H2,1-4H3. The van der Waals surface area contributed by atoms with Gasteiger partial charge in [0.2, 0.25) is 0 Å². The summed E-state index contributed by atoms with van der Waals surface area (Å²) in [6, 6.07) is 0. The summed E-state index contributed by atoms with van der Waals surface area (Å²) < 4.78 is 58.1. The van der Waals surface area contributed by atoms with Crippen LogP contribution in [0.15, 0.2) is 0 Å². The number of halogens is 4. The zero-order valence-electron chi connectivity index (χ0n) is 11.0. The van der Waals surface area contributed by atoms with E-state index in [0.29, 0.717) is 0 Å².